The highest BCUT2D eigenvalue weighted by atomic mass is 16.5. The average Bonchev–Trinajstić information content (AvgIpc) is 3.63. The number of hydrogen-bond donors (Lipinski definition) is 1. The second-order valence-corrected chi connectivity index (χ2v) is 11.3. The number of ether oxygens (including phenoxy) is 1. The lowest BCUT2D eigenvalue weighted by Crippen LogP contribution is -2.46. The number of carbonyl (C=O) groups excluding carboxylic acids is 1. The van der Waals surface area contributed by atoms with Gasteiger partial charge in [0.1, 0.15) is 28.9 Å². The van der Waals surface area contributed by atoms with E-state index in [0.717, 1.165) is 41.4 Å². The van der Waals surface area contributed by atoms with Crippen molar-refractivity contribution >= 4 is 40.6 Å². The van der Waals surface area contributed by atoms with Gasteiger partial charge in [-0.25, -0.2) is 19.9 Å². The van der Waals surface area contributed by atoms with Gasteiger partial charge in [-0.1, -0.05) is 17.4 Å². The van der Waals surface area contributed by atoms with Gasteiger partial charge in [0.15, 0.2) is 5.82 Å². The predicted molar refractivity (Wildman–Crippen MR) is 186 cm³/mol. The molecule has 0 aliphatic carbocycles. The molecule has 2 aromatic carbocycles. The molecule has 246 valence electrons. The molecule has 6 rings (SSSR count). The number of aromatic nitrogens is 4. The van der Waals surface area contributed by atoms with E-state index in [1.807, 2.05) is 56.4 Å². The Labute approximate surface area is 276 Å². The molecule has 0 spiro atoms. The molecule has 0 radical (unpaired) electrons. The van der Waals surface area contributed by atoms with Crippen LogP contribution in [0.2, 0.25) is 0 Å². The second kappa shape index (κ2) is 16.4. The molecule has 2 aliphatic heterocycles. The monoisotopic (exact) mass is 637 g/mol. The normalized spacial score (nSPS) is 15.2. The van der Waals surface area contributed by atoms with E-state index in [1.54, 1.807) is 23.2 Å². The van der Waals surface area contributed by atoms with Crippen LogP contribution in [0.15, 0.2) is 77.5 Å². The molecule has 4 heterocycles. The van der Waals surface area contributed by atoms with Crippen LogP contribution in [0, 0.1) is 6.92 Å². The average molecular weight is 638 g/mol. The lowest BCUT2D eigenvalue weighted by molar-refractivity contribution is -0.118. The number of benzene rings is 2. The first-order chi connectivity index (χ1) is 23.0. The predicted octanol–water partition coefficient (Wildman–Crippen LogP) is 5.63. The van der Waals surface area contributed by atoms with Crippen molar-refractivity contribution in [1.29, 1.82) is 0 Å². The molecule has 2 fully saturated rings. The van der Waals surface area contributed by atoms with Crippen LogP contribution in [0.5, 0.6) is 11.5 Å². The first kappa shape index (κ1) is 33.2. The van der Waals surface area contributed by atoms with Crippen molar-refractivity contribution in [1.82, 2.24) is 29.7 Å². The summed E-state index contributed by atoms with van der Waals surface area (Å²) in [6.07, 6.45) is 11.2. The Hall–Kier alpha value is -5.17. The number of nitrogens with zero attached hydrogens (tertiary/aromatic N) is 10. The highest BCUT2D eigenvalue weighted by Gasteiger charge is 2.19. The van der Waals surface area contributed by atoms with E-state index in [9.17, 15) is 4.79 Å². The van der Waals surface area contributed by atoms with Gasteiger partial charge in [0.2, 0.25) is 12.4 Å². The largest absolute Gasteiger partial charge is 0.457 e. The minimum Gasteiger partial charge on any atom is -0.457 e. The molecule has 2 saturated heterocycles. The Morgan fingerprint density at radius 1 is 1.00 bits per heavy atom. The van der Waals surface area contributed by atoms with Gasteiger partial charge < -0.3 is 19.9 Å². The molecule has 0 bridgehead atoms. The smallest absolute Gasteiger partial charge is 0.226 e. The Morgan fingerprint density at radius 2 is 1.77 bits per heavy atom. The van der Waals surface area contributed by atoms with Gasteiger partial charge in [-0.15, -0.1) is 0 Å². The van der Waals surface area contributed by atoms with Crippen LogP contribution < -0.4 is 20.0 Å². The molecule has 0 saturated carbocycles. The zero-order valence-corrected chi connectivity index (χ0v) is 27.6. The van der Waals surface area contributed by atoms with Gasteiger partial charge in [-0.3, -0.25) is 14.7 Å². The van der Waals surface area contributed by atoms with Gasteiger partial charge >= 0.3 is 0 Å². The fourth-order valence-electron chi connectivity index (χ4n) is 5.36. The number of carbonyl (C=O) groups is 1. The van der Waals surface area contributed by atoms with Crippen LogP contribution in [0.4, 0.5) is 23.1 Å². The van der Waals surface area contributed by atoms with Gasteiger partial charge in [0, 0.05) is 45.5 Å². The van der Waals surface area contributed by atoms with Crippen LogP contribution in [0.25, 0.3) is 11.0 Å². The summed E-state index contributed by atoms with van der Waals surface area (Å²) in [7, 11) is 3.47. The topological polar surface area (TPSA) is 128 Å². The van der Waals surface area contributed by atoms with E-state index in [-0.39, 0.29) is 0 Å². The van der Waals surface area contributed by atoms with Crippen molar-refractivity contribution in [2.75, 3.05) is 75.1 Å². The Morgan fingerprint density at radius 3 is 2.45 bits per heavy atom. The molecule has 1 amide bonds. The number of piperazine rings is 1. The number of aryl methyl sites for hydroxylation is 1. The van der Waals surface area contributed by atoms with Crippen molar-refractivity contribution in [2.24, 2.45) is 10.3 Å². The third-order valence-corrected chi connectivity index (χ3v) is 8.01. The third kappa shape index (κ3) is 8.97. The summed E-state index contributed by atoms with van der Waals surface area (Å²) in [4.78, 5) is 35.3. The second-order valence-electron chi connectivity index (χ2n) is 11.3. The van der Waals surface area contributed by atoms with Crippen molar-refractivity contribution in [3.05, 3.63) is 72.7 Å². The molecule has 1 N–H and O–H groups in total. The SMILES string of the molecule is C/C=C/CN1CCCC1.CN=NN(C)c1ccc(Oc2ccc(Nc3ncnc4cnc(N5CCN(C=O)CC5)nc34)cc2C)cc1. The quantitative estimate of drug-likeness (QED) is 0.101. The van der Waals surface area contributed by atoms with Gasteiger partial charge in [0.05, 0.1) is 18.9 Å². The lowest BCUT2D eigenvalue weighted by Gasteiger charge is -2.32. The van der Waals surface area contributed by atoms with E-state index in [0.29, 0.717) is 49.0 Å². The van der Waals surface area contributed by atoms with E-state index >= 15 is 0 Å². The summed E-state index contributed by atoms with van der Waals surface area (Å²) in [6.45, 7) is 10.5. The number of nitrogens with one attached hydrogen (secondary N) is 1. The molecule has 4 aromatic rings. The van der Waals surface area contributed by atoms with Crippen molar-refractivity contribution in [2.45, 2.75) is 26.7 Å². The van der Waals surface area contributed by atoms with Gasteiger partial charge in [-0.2, -0.15) is 5.11 Å². The fourth-order valence-corrected chi connectivity index (χ4v) is 5.36. The number of allylic oxidation sites excluding steroid dienone is 1. The minimum atomic E-state index is 0.585. The van der Waals surface area contributed by atoms with E-state index in [2.05, 4.69) is 59.5 Å². The van der Waals surface area contributed by atoms with Crippen molar-refractivity contribution < 1.29 is 9.53 Å². The molecule has 0 unspecified atom stereocenters. The summed E-state index contributed by atoms with van der Waals surface area (Å²) < 4.78 is 6.10. The number of rotatable bonds is 10. The molecule has 13 nitrogen and oxygen atoms in total. The maximum Gasteiger partial charge on any atom is 0.226 e. The molecule has 13 heteroatoms. The molecular formula is C34H43N11O2. The number of fused-ring (bicyclic) bond motifs is 1. The number of hydrogen-bond acceptors (Lipinski definition) is 11. The number of amides is 1. The highest BCUT2D eigenvalue weighted by Crippen LogP contribution is 2.30. The third-order valence-electron chi connectivity index (χ3n) is 8.01. The van der Waals surface area contributed by atoms with Crippen molar-refractivity contribution in [3.8, 4) is 11.5 Å². The summed E-state index contributed by atoms with van der Waals surface area (Å²) in [5.41, 5.74) is 3.98. The zero-order chi connectivity index (χ0) is 33.0. The van der Waals surface area contributed by atoms with E-state index < -0.39 is 0 Å². The van der Waals surface area contributed by atoms with E-state index in [4.69, 9.17) is 9.72 Å². The van der Waals surface area contributed by atoms with Crippen LogP contribution in [-0.4, -0.2) is 96.1 Å². The number of anilines is 4. The Kier molecular flexibility index (Phi) is 11.6. The molecule has 0 atom stereocenters. The fraction of sp³-hybridized carbons (Fsp3) is 0.382. The maximum atomic E-state index is 11.0. The maximum absolute atomic E-state index is 11.0. The minimum absolute atomic E-state index is 0.585. The highest BCUT2D eigenvalue weighted by molar-refractivity contribution is 5.87. The standard InChI is InChI=1S/C26H28N10O2.C8H15N/c1-18-14-19(4-9-23(18)38-21-7-5-20(6-8-21)34(3)33-27-2)31-25-24-22(29-16-30-25)15-28-26(32-24)36-12-10-35(17-37)11-13-36;1-2-3-6-9-7-4-5-8-9/h4-9,14-17H,10-13H2,1-3H3,(H,29,30,31);2-3H,4-8H2,1H3/b;3-2+. The number of likely N-dealkylation sites (tertiary alicyclic amines) is 1. The Balaban J connectivity index is 0.000000417. The summed E-state index contributed by atoms with van der Waals surface area (Å²) in [6, 6.07) is 13.5. The van der Waals surface area contributed by atoms with Crippen LogP contribution in [-0.2, 0) is 4.79 Å². The molecular weight excluding hydrogens is 594 g/mol. The van der Waals surface area contributed by atoms with Crippen LogP contribution in [0.3, 0.4) is 0 Å². The Bertz CT molecular complexity index is 1670. The summed E-state index contributed by atoms with van der Waals surface area (Å²) in [5, 5.41) is 12.8. The first-order valence-corrected chi connectivity index (χ1v) is 15.9. The molecule has 47 heavy (non-hydrogen) atoms. The van der Waals surface area contributed by atoms with E-state index in [1.165, 1.54) is 32.3 Å². The van der Waals surface area contributed by atoms with Crippen LogP contribution in [0.1, 0.15) is 25.3 Å². The van der Waals surface area contributed by atoms with Gasteiger partial charge in [0.25, 0.3) is 0 Å². The zero-order valence-electron chi connectivity index (χ0n) is 27.6. The van der Waals surface area contributed by atoms with Crippen molar-refractivity contribution in [3.63, 3.8) is 0 Å². The molecule has 2 aromatic heterocycles. The summed E-state index contributed by atoms with van der Waals surface area (Å²) in [5.74, 6) is 2.65. The lowest BCUT2D eigenvalue weighted by atomic mass is 10.2. The summed E-state index contributed by atoms with van der Waals surface area (Å²) >= 11 is 0. The first-order valence-electron chi connectivity index (χ1n) is 15.9. The molecule has 2 aliphatic rings. The van der Waals surface area contributed by atoms with Gasteiger partial charge in [-0.05, 0) is 87.8 Å². The van der Waals surface area contributed by atoms with Crippen LogP contribution >= 0.6 is 0 Å².